The minimum Gasteiger partial charge on any atom is -0.379 e. The molecule has 0 amide bonds. The van der Waals surface area contributed by atoms with Gasteiger partial charge >= 0.3 is 0 Å². The van der Waals surface area contributed by atoms with E-state index in [0.717, 1.165) is 12.8 Å². The van der Waals surface area contributed by atoms with Crippen molar-refractivity contribution in [3.05, 3.63) is 0 Å². The summed E-state index contributed by atoms with van der Waals surface area (Å²) in [7, 11) is 0. The first-order chi connectivity index (χ1) is 5.16. The standard InChI is InChI=1S/C9H18O2/c1-4-9(3)11-7-5-6-8(2)10/h9H,4-7H2,1-3H3. The Bertz CT molecular complexity index is 110. The summed E-state index contributed by atoms with van der Waals surface area (Å²) in [6.07, 6.45) is 2.89. The molecule has 1 unspecified atom stereocenters. The van der Waals surface area contributed by atoms with Gasteiger partial charge < -0.3 is 9.53 Å². The number of ether oxygens (including phenoxy) is 1. The van der Waals surface area contributed by atoms with Crippen molar-refractivity contribution in [3.8, 4) is 0 Å². The lowest BCUT2D eigenvalue weighted by molar-refractivity contribution is -0.117. The van der Waals surface area contributed by atoms with E-state index in [9.17, 15) is 4.79 Å². The van der Waals surface area contributed by atoms with Crippen LogP contribution in [0.25, 0.3) is 0 Å². The third-order valence-electron chi connectivity index (χ3n) is 1.65. The van der Waals surface area contributed by atoms with Crippen LogP contribution in [0.15, 0.2) is 0 Å². The fraction of sp³-hybridized carbons (Fsp3) is 0.889. The van der Waals surface area contributed by atoms with Crippen molar-refractivity contribution in [2.75, 3.05) is 6.61 Å². The number of hydrogen-bond donors (Lipinski definition) is 0. The maximum Gasteiger partial charge on any atom is 0.129 e. The molecule has 0 aromatic heterocycles. The number of rotatable bonds is 6. The van der Waals surface area contributed by atoms with E-state index >= 15 is 0 Å². The molecular weight excluding hydrogens is 140 g/mol. The Hall–Kier alpha value is -0.370. The number of Topliss-reactive ketones (excluding diaryl/α,β-unsaturated/α-hetero) is 1. The first-order valence-electron chi connectivity index (χ1n) is 4.27. The highest BCUT2D eigenvalue weighted by Crippen LogP contribution is 1.98. The molecule has 0 aromatic rings. The van der Waals surface area contributed by atoms with Crippen LogP contribution in [0.1, 0.15) is 40.0 Å². The lowest BCUT2D eigenvalue weighted by atomic mass is 10.2. The van der Waals surface area contributed by atoms with Crippen molar-refractivity contribution in [2.45, 2.75) is 46.1 Å². The van der Waals surface area contributed by atoms with Crippen molar-refractivity contribution in [3.63, 3.8) is 0 Å². The van der Waals surface area contributed by atoms with Gasteiger partial charge in [0, 0.05) is 13.0 Å². The largest absolute Gasteiger partial charge is 0.379 e. The Labute approximate surface area is 68.9 Å². The zero-order valence-electron chi connectivity index (χ0n) is 7.72. The summed E-state index contributed by atoms with van der Waals surface area (Å²) < 4.78 is 5.39. The zero-order valence-corrected chi connectivity index (χ0v) is 7.72. The van der Waals surface area contributed by atoms with E-state index in [1.165, 1.54) is 0 Å². The second-order valence-corrected chi connectivity index (χ2v) is 2.90. The quantitative estimate of drug-likeness (QED) is 0.554. The predicted molar refractivity (Wildman–Crippen MR) is 45.6 cm³/mol. The SMILES string of the molecule is CCC(C)OCCCC(C)=O. The summed E-state index contributed by atoms with van der Waals surface area (Å²) in [4.78, 5) is 10.5. The van der Waals surface area contributed by atoms with Crippen LogP contribution in [0.4, 0.5) is 0 Å². The molecule has 2 heteroatoms. The fourth-order valence-electron chi connectivity index (χ4n) is 0.723. The molecule has 0 heterocycles. The predicted octanol–water partition coefficient (Wildman–Crippen LogP) is 2.17. The molecule has 2 nitrogen and oxygen atoms in total. The molecule has 0 rings (SSSR count). The minimum atomic E-state index is 0.248. The molecule has 0 saturated carbocycles. The topological polar surface area (TPSA) is 26.3 Å². The average molecular weight is 158 g/mol. The summed E-state index contributed by atoms with van der Waals surface area (Å²) in [6, 6.07) is 0. The molecule has 0 aliphatic rings. The molecule has 0 spiro atoms. The number of hydrogen-bond acceptors (Lipinski definition) is 2. The maximum absolute atomic E-state index is 10.5. The van der Waals surface area contributed by atoms with Crippen LogP contribution in [-0.2, 0) is 9.53 Å². The van der Waals surface area contributed by atoms with Gasteiger partial charge in [0.15, 0.2) is 0 Å². The number of ketones is 1. The van der Waals surface area contributed by atoms with E-state index in [0.29, 0.717) is 19.1 Å². The summed E-state index contributed by atoms with van der Waals surface area (Å²) in [5, 5.41) is 0. The highest BCUT2D eigenvalue weighted by molar-refractivity contribution is 5.75. The van der Waals surface area contributed by atoms with Gasteiger partial charge in [0.25, 0.3) is 0 Å². The van der Waals surface area contributed by atoms with E-state index in [1.807, 2.05) is 6.92 Å². The van der Waals surface area contributed by atoms with Crippen molar-refractivity contribution in [2.24, 2.45) is 0 Å². The van der Waals surface area contributed by atoms with Gasteiger partial charge in [-0.1, -0.05) is 6.92 Å². The van der Waals surface area contributed by atoms with Gasteiger partial charge in [-0.3, -0.25) is 0 Å². The number of carbonyl (C=O) groups excluding carboxylic acids is 1. The average Bonchev–Trinajstić information content (AvgIpc) is 1.97. The Morgan fingerprint density at radius 3 is 2.64 bits per heavy atom. The fourth-order valence-corrected chi connectivity index (χ4v) is 0.723. The molecule has 0 aromatic carbocycles. The van der Waals surface area contributed by atoms with Crippen LogP contribution in [0, 0.1) is 0 Å². The molecule has 0 bridgehead atoms. The first-order valence-corrected chi connectivity index (χ1v) is 4.27. The molecule has 0 aliphatic heterocycles. The van der Waals surface area contributed by atoms with Gasteiger partial charge in [0.05, 0.1) is 6.10 Å². The molecular formula is C9H18O2. The van der Waals surface area contributed by atoms with Crippen LogP contribution in [-0.4, -0.2) is 18.5 Å². The van der Waals surface area contributed by atoms with Crippen LogP contribution in [0.5, 0.6) is 0 Å². The molecule has 0 fully saturated rings. The third-order valence-corrected chi connectivity index (χ3v) is 1.65. The van der Waals surface area contributed by atoms with E-state index in [2.05, 4.69) is 6.92 Å². The van der Waals surface area contributed by atoms with Gasteiger partial charge in [0.2, 0.25) is 0 Å². The smallest absolute Gasteiger partial charge is 0.129 e. The monoisotopic (exact) mass is 158 g/mol. The summed E-state index contributed by atoms with van der Waals surface area (Å²) in [5.74, 6) is 0.248. The van der Waals surface area contributed by atoms with Gasteiger partial charge in [-0.15, -0.1) is 0 Å². The molecule has 0 saturated heterocycles. The Morgan fingerprint density at radius 1 is 1.55 bits per heavy atom. The van der Waals surface area contributed by atoms with Crippen LogP contribution in [0.3, 0.4) is 0 Å². The Morgan fingerprint density at radius 2 is 2.18 bits per heavy atom. The molecule has 1 atom stereocenters. The van der Waals surface area contributed by atoms with Crippen molar-refractivity contribution in [1.29, 1.82) is 0 Å². The van der Waals surface area contributed by atoms with Crippen molar-refractivity contribution >= 4 is 5.78 Å². The molecule has 0 N–H and O–H groups in total. The normalized spacial score (nSPS) is 13.0. The Balaban J connectivity index is 3.08. The van der Waals surface area contributed by atoms with Gasteiger partial charge in [-0.25, -0.2) is 0 Å². The Kier molecular flexibility index (Phi) is 6.13. The molecule has 11 heavy (non-hydrogen) atoms. The zero-order chi connectivity index (χ0) is 8.69. The summed E-state index contributed by atoms with van der Waals surface area (Å²) in [6.45, 7) is 6.47. The van der Waals surface area contributed by atoms with E-state index in [1.54, 1.807) is 6.92 Å². The summed E-state index contributed by atoms with van der Waals surface area (Å²) in [5.41, 5.74) is 0. The molecule has 0 radical (unpaired) electrons. The van der Waals surface area contributed by atoms with Gasteiger partial charge in [-0.05, 0) is 26.7 Å². The van der Waals surface area contributed by atoms with Crippen LogP contribution in [0.2, 0.25) is 0 Å². The maximum atomic E-state index is 10.5. The third kappa shape index (κ3) is 7.53. The lowest BCUT2D eigenvalue weighted by Crippen LogP contribution is -2.08. The van der Waals surface area contributed by atoms with Gasteiger partial charge in [-0.2, -0.15) is 0 Å². The second-order valence-electron chi connectivity index (χ2n) is 2.90. The van der Waals surface area contributed by atoms with E-state index in [4.69, 9.17) is 4.74 Å². The lowest BCUT2D eigenvalue weighted by Gasteiger charge is -2.08. The highest BCUT2D eigenvalue weighted by Gasteiger charge is 1.98. The van der Waals surface area contributed by atoms with Crippen molar-refractivity contribution in [1.82, 2.24) is 0 Å². The number of carbonyl (C=O) groups is 1. The van der Waals surface area contributed by atoms with E-state index in [-0.39, 0.29) is 5.78 Å². The van der Waals surface area contributed by atoms with Crippen molar-refractivity contribution < 1.29 is 9.53 Å². The van der Waals surface area contributed by atoms with Gasteiger partial charge in [0.1, 0.15) is 5.78 Å². The molecule has 0 aliphatic carbocycles. The second kappa shape index (κ2) is 6.35. The highest BCUT2D eigenvalue weighted by atomic mass is 16.5. The first kappa shape index (κ1) is 10.6. The minimum absolute atomic E-state index is 0.248. The van der Waals surface area contributed by atoms with Crippen LogP contribution >= 0.6 is 0 Å². The molecule has 66 valence electrons. The van der Waals surface area contributed by atoms with E-state index < -0.39 is 0 Å². The van der Waals surface area contributed by atoms with Crippen LogP contribution < -0.4 is 0 Å². The summed E-state index contributed by atoms with van der Waals surface area (Å²) >= 11 is 0.